The number of halogens is 1. The van der Waals surface area contributed by atoms with E-state index in [1.807, 2.05) is 44.2 Å². The van der Waals surface area contributed by atoms with Gasteiger partial charge >= 0.3 is 6.03 Å². The molecule has 0 bridgehead atoms. The number of nitrogens with two attached hydrogens (primary N) is 1. The van der Waals surface area contributed by atoms with Gasteiger partial charge in [0.1, 0.15) is 17.6 Å². The van der Waals surface area contributed by atoms with E-state index in [2.05, 4.69) is 10.3 Å². The highest BCUT2D eigenvalue weighted by molar-refractivity contribution is 7.89. The zero-order valence-corrected chi connectivity index (χ0v) is 31.2. The Labute approximate surface area is 302 Å². The van der Waals surface area contributed by atoms with Crippen LogP contribution in [0, 0.1) is 11.8 Å². The first kappa shape index (κ1) is 39.2. The van der Waals surface area contributed by atoms with Gasteiger partial charge in [-0.1, -0.05) is 69.6 Å². The molecule has 16 heteroatoms. The number of nitrogen functional groups attached to an aromatic ring is 1. The molecule has 0 aliphatic carbocycles. The Hall–Kier alpha value is -3.60. The number of urea groups is 1. The summed E-state index contributed by atoms with van der Waals surface area (Å²) < 4.78 is 34.0. The van der Waals surface area contributed by atoms with E-state index in [0.717, 1.165) is 10.5 Å². The van der Waals surface area contributed by atoms with Crippen molar-refractivity contribution in [2.75, 3.05) is 32.5 Å². The number of ether oxygens (including phenoxy) is 1. The number of aromatic nitrogens is 1. The summed E-state index contributed by atoms with van der Waals surface area (Å²) in [6.07, 6.45) is -1.21. The van der Waals surface area contributed by atoms with E-state index < -0.39 is 52.0 Å². The highest BCUT2D eigenvalue weighted by Gasteiger charge is 2.44. The van der Waals surface area contributed by atoms with Crippen molar-refractivity contribution >= 4 is 56.5 Å². The SMILES string of the molecule is COCc1nc(CN2C(=O)CN(C(C(=O)N[C@@H](Cc3ccccc3)[C@H](O)CN(CC(C)C)S(=O)(=O)c3ccc(Cl)c(N)c3)C(C)C)C2=O)cs1. The molecule has 1 aromatic heterocycles. The van der Waals surface area contributed by atoms with Crippen LogP contribution in [0.5, 0.6) is 0 Å². The van der Waals surface area contributed by atoms with Crippen LogP contribution >= 0.6 is 22.9 Å². The number of rotatable bonds is 17. The first-order valence-corrected chi connectivity index (χ1v) is 18.9. The van der Waals surface area contributed by atoms with E-state index in [1.54, 1.807) is 26.3 Å². The summed E-state index contributed by atoms with van der Waals surface area (Å²) >= 11 is 7.40. The second-order valence-electron chi connectivity index (χ2n) is 13.0. The minimum Gasteiger partial charge on any atom is -0.397 e. The van der Waals surface area contributed by atoms with Crippen molar-refractivity contribution in [3.63, 3.8) is 0 Å². The molecule has 1 saturated heterocycles. The summed E-state index contributed by atoms with van der Waals surface area (Å²) in [4.78, 5) is 47.4. The fraction of sp³-hybridized carbons (Fsp3) is 0.471. The molecule has 272 valence electrons. The predicted octanol–water partition coefficient (Wildman–Crippen LogP) is 3.75. The maximum Gasteiger partial charge on any atom is 0.328 e. The van der Waals surface area contributed by atoms with Crippen LogP contribution in [0.4, 0.5) is 10.5 Å². The van der Waals surface area contributed by atoms with Gasteiger partial charge in [0, 0.05) is 25.6 Å². The van der Waals surface area contributed by atoms with Gasteiger partial charge in [0.05, 0.1) is 46.6 Å². The number of benzene rings is 2. The minimum atomic E-state index is -4.14. The topological polar surface area (TPSA) is 175 Å². The number of carbonyl (C=O) groups is 3. The maximum absolute atomic E-state index is 14.1. The zero-order chi connectivity index (χ0) is 36.7. The van der Waals surface area contributed by atoms with Crippen LogP contribution in [0.25, 0.3) is 0 Å². The van der Waals surface area contributed by atoms with Crippen LogP contribution < -0.4 is 11.1 Å². The Morgan fingerprint density at radius 2 is 1.84 bits per heavy atom. The van der Waals surface area contributed by atoms with Crippen LogP contribution in [0.2, 0.25) is 5.02 Å². The van der Waals surface area contributed by atoms with Crippen molar-refractivity contribution in [1.82, 2.24) is 24.4 Å². The molecule has 4 N–H and O–H groups in total. The zero-order valence-electron chi connectivity index (χ0n) is 28.8. The molecule has 50 heavy (non-hydrogen) atoms. The number of amides is 4. The molecule has 1 aliphatic heterocycles. The van der Waals surface area contributed by atoms with Gasteiger partial charge in [-0.3, -0.25) is 14.5 Å². The van der Waals surface area contributed by atoms with E-state index in [4.69, 9.17) is 22.1 Å². The lowest BCUT2D eigenvalue weighted by Gasteiger charge is -2.34. The predicted molar refractivity (Wildman–Crippen MR) is 192 cm³/mol. The van der Waals surface area contributed by atoms with Crippen molar-refractivity contribution in [3.8, 4) is 0 Å². The largest absolute Gasteiger partial charge is 0.397 e. The maximum atomic E-state index is 14.1. The number of hydrogen-bond acceptors (Lipinski definition) is 10. The summed E-state index contributed by atoms with van der Waals surface area (Å²) in [6, 6.07) is 10.5. The molecule has 3 aromatic rings. The Bertz CT molecular complexity index is 1760. The quantitative estimate of drug-likeness (QED) is 0.137. The Balaban J connectivity index is 1.59. The number of methoxy groups -OCH3 is 1. The summed E-state index contributed by atoms with van der Waals surface area (Å²) in [5, 5.41) is 17.3. The van der Waals surface area contributed by atoms with Crippen LogP contribution in [-0.4, -0.2) is 95.4 Å². The molecule has 4 rings (SSSR count). The van der Waals surface area contributed by atoms with Crippen LogP contribution in [0.3, 0.4) is 0 Å². The molecule has 4 amide bonds. The number of sulfonamides is 1. The molecule has 3 atom stereocenters. The molecule has 1 aliphatic rings. The monoisotopic (exact) mass is 748 g/mol. The van der Waals surface area contributed by atoms with Crippen molar-refractivity contribution in [3.05, 3.63) is 75.2 Å². The molecule has 1 fully saturated rings. The molecular formula is C34H45ClN6O7S2. The van der Waals surface area contributed by atoms with Crippen molar-refractivity contribution in [2.24, 2.45) is 11.8 Å². The molecule has 0 spiro atoms. The summed E-state index contributed by atoms with van der Waals surface area (Å²) in [7, 11) is -2.59. The number of imide groups is 1. The van der Waals surface area contributed by atoms with Gasteiger partial charge in [0.25, 0.3) is 5.91 Å². The molecule has 13 nitrogen and oxygen atoms in total. The van der Waals surface area contributed by atoms with Gasteiger partial charge in [-0.2, -0.15) is 4.31 Å². The molecule has 0 saturated carbocycles. The highest BCUT2D eigenvalue weighted by atomic mass is 35.5. The summed E-state index contributed by atoms with van der Waals surface area (Å²) in [5.74, 6) is -1.57. The van der Waals surface area contributed by atoms with E-state index in [-0.39, 0.29) is 54.1 Å². The minimum absolute atomic E-state index is 0.0460. The lowest BCUT2D eigenvalue weighted by Crippen LogP contribution is -2.57. The third-order valence-corrected chi connectivity index (χ3v) is 11.2. The fourth-order valence-electron chi connectivity index (χ4n) is 5.78. The summed E-state index contributed by atoms with van der Waals surface area (Å²) in [6.45, 7) is 6.92. The van der Waals surface area contributed by atoms with Crippen LogP contribution in [0.1, 0.15) is 44.0 Å². The van der Waals surface area contributed by atoms with Crippen molar-refractivity contribution in [1.29, 1.82) is 0 Å². The number of aliphatic hydroxyl groups excluding tert-OH is 1. The third kappa shape index (κ3) is 9.59. The first-order chi connectivity index (χ1) is 23.6. The molecule has 2 heterocycles. The number of anilines is 1. The van der Waals surface area contributed by atoms with Gasteiger partial charge in [-0.25, -0.2) is 18.2 Å². The number of nitrogens with zero attached hydrogens (tertiary/aromatic N) is 4. The van der Waals surface area contributed by atoms with E-state index in [9.17, 15) is 27.9 Å². The Morgan fingerprint density at radius 1 is 1.14 bits per heavy atom. The average molecular weight is 749 g/mol. The Kier molecular flexibility index (Phi) is 13.4. The number of hydrogen-bond donors (Lipinski definition) is 3. The van der Waals surface area contributed by atoms with Gasteiger partial charge in [-0.15, -0.1) is 11.3 Å². The van der Waals surface area contributed by atoms with Gasteiger partial charge in [-0.05, 0) is 42.0 Å². The second kappa shape index (κ2) is 17.1. The van der Waals surface area contributed by atoms with Gasteiger partial charge < -0.3 is 25.8 Å². The van der Waals surface area contributed by atoms with Gasteiger partial charge in [0.15, 0.2) is 0 Å². The standard InChI is InChI=1S/C34H45ClN6O7S2/c1-21(2)15-39(50(46,47)25-11-12-26(35)27(36)14-25)17-29(42)28(13-23-9-7-6-8-10-23)38-33(44)32(22(3)4)41-18-31(43)40(34(41)45)16-24-20-49-30(37-24)19-48-5/h6-12,14,20-22,28-29,32,42H,13,15-19,36H2,1-5H3,(H,38,44)/t28-,29+,32?/m0/s1. The van der Waals surface area contributed by atoms with Crippen molar-refractivity contribution in [2.45, 2.75) is 70.4 Å². The normalized spacial score (nSPS) is 15.7. The van der Waals surface area contributed by atoms with E-state index in [0.29, 0.717) is 17.3 Å². The number of thiazole rings is 1. The number of nitrogens with one attached hydrogen (secondary N) is 1. The van der Waals surface area contributed by atoms with Crippen LogP contribution in [-0.2, 0) is 43.9 Å². The molecule has 0 radical (unpaired) electrons. The lowest BCUT2D eigenvalue weighted by atomic mass is 9.97. The van der Waals surface area contributed by atoms with Crippen molar-refractivity contribution < 1.29 is 32.6 Å². The van der Waals surface area contributed by atoms with Crippen LogP contribution in [0.15, 0.2) is 58.8 Å². The van der Waals surface area contributed by atoms with Gasteiger partial charge in [0.2, 0.25) is 15.9 Å². The number of aliphatic hydroxyl groups is 1. The molecule has 1 unspecified atom stereocenters. The average Bonchev–Trinajstić information content (AvgIpc) is 3.61. The Morgan fingerprint density at radius 3 is 2.46 bits per heavy atom. The fourth-order valence-corrected chi connectivity index (χ4v) is 8.31. The molecular weight excluding hydrogens is 704 g/mol. The third-order valence-electron chi connectivity index (χ3n) is 8.16. The number of carbonyl (C=O) groups excluding carboxylic acids is 3. The lowest BCUT2D eigenvalue weighted by molar-refractivity contribution is -0.129. The van der Waals surface area contributed by atoms with E-state index >= 15 is 0 Å². The first-order valence-electron chi connectivity index (χ1n) is 16.2. The summed E-state index contributed by atoms with van der Waals surface area (Å²) in [5.41, 5.74) is 7.34. The van der Waals surface area contributed by atoms with E-state index in [1.165, 1.54) is 38.7 Å². The molecule has 2 aromatic carbocycles. The second-order valence-corrected chi connectivity index (χ2v) is 16.3. The smallest absolute Gasteiger partial charge is 0.328 e. The highest BCUT2D eigenvalue weighted by Crippen LogP contribution is 2.27.